The standard InChI is InChI=1S/C29H38O7/c1-19(2)35-28(31)22(6)25(29(32)36-20(3)4)18-21(5)27(30)34-17-16-33-26-15-11-10-14-24(26)23-12-8-7-9-13-23/h7-15,19-22,25H,16-18H2,1-6H3. The molecule has 3 atom stereocenters. The summed E-state index contributed by atoms with van der Waals surface area (Å²) in [6.07, 6.45) is -0.543. The smallest absolute Gasteiger partial charge is 0.310 e. The van der Waals surface area contributed by atoms with Crippen molar-refractivity contribution in [2.75, 3.05) is 13.2 Å². The topological polar surface area (TPSA) is 88.1 Å². The SMILES string of the molecule is CC(C)OC(=O)C(C)C(CC(C)C(=O)OCCOc1ccccc1-c1ccccc1)C(=O)OC(C)C. The molecule has 0 saturated heterocycles. The van der Waals surface area contributed by atoms with Crippen LogP contribution in [0.25, 0.3) is 11.1 Å². The second-order valence-corrected chi connectivity index (χ2v) is 9.38. The number of para-hydroxylation sites is 1. The Labute approximate surface area is 214 Å². The first-order valence-corrected chi connectivity index (χ1v) is 12.4. The maximum atomic E-state index is 12.7. The van der Waals surface area contributed by atoms with Crippen LogP contribution < -0.4 is 4.74 Å². The first-order valence-electron chi connectivity index (χ1n) is 12.4. The van der Waals surface area contributed by atoms with Gasteiger partial charge in [0.05, 0.1) is 30.0 Å². The molecule has 0 aromatic heterocycles. The maximum absolute atomic E-state index is 12.7. The Balaban J connectivity index is 1.94. The summed E-state index contributed by atoms with van der Waals surface area (Å²) in [6.45, 7) is 10.5. The number of carbonyl (C=O) groups excluding carboxylic acids is 3. The van der Waals surface area contributed by atoms with Gasteiger partial charge in [-0.05, 0) is 45.7 Å². The van der Waals surface area contributed by atoms with Crippen molar-refractivity contribution in [3.8, 4) is 16.9 Å². The van der Waals surface area contributed by atoms with Crippen LogP contribution in [0.1, 0.15) is 48.0 Å². The molecule has 2 aromatic carbocycles. The van der Waals surface area contributed by atoms with Gasteiger partial charge < -0.3 is 18.9 Å². The molecule has 196 valence electrons. The molecule has 2 rings (SSSR count). The molecule has 0 fully saturated rings. The van der Waals surface area contributed by atoms with Crippen molar-refractivity contribution in [1.82, 2.24) is 0 Å². The van der Waals surface area contributed by atoms with Gasteiger partial charge in [-0.15, -0.1) is 0 Å². The Morgan fingerprint density at radius 1 is 0.694 bits per heavy atom. The molecule has 0 radical (unpaired) electrons. The minimum absolute atomic E-state index is 0.0539. The van der Waals surface area contributed by atoms with E-state index in [1.807, 2.05) is 54.6 Å². The zero-order valence-electron chi connectivity index (χ0n) is 22.1. The van der Waals surface area contributed by atoms with Crippen LogP contribution in [0.15, 0.2) is 54.6 Å². The first-order chi connectivity index (χ1) is 17.1. The molecule has 2 aromatic rings. The average Bonchev–Trinajstić information content (AvgIpc) is 2.84. The van der Waals surface area contributed by atoms with E-state index in [1.165, 1.54) is 0 Å². The highest BCUT2D eigenvalue weighted by Crippen LogP contribution is 2.29. The fourth-order valence-corrected chi connectivity index (χ4v) is 3.69. The fraction of sp³-hybridized carbons (Fsp3) is 0.483. The highest BCUT2D eigenvalue weighted by Gasteiger charge is 2.36. The van der Waals surface area contributed by atoms with E-state index in [0.717, 1.165) is 11.1 Å². The van der Waals surface area contributed by atoms with Crippen molar-refractivity contribution in [3.63, 3.8) is 0 Å². The monoisotopic (exact) mass is 498 g/mol. The molecule has 0 saturated carbocycles. The van der Waals surface area contributed by atoms with Gasteiger partial charge in [0.15, 0.2) is 0 Å². The van der Waals surface area contributed by atoms with E-state index < -0.39 is 35.7 Å². The van der Waals surface area contributed by atoms with E-state index in [-0.39, 0.29) is 31.8 Å². The van der Waals surface area contributed by atoms with Gasteiger partial charge in [0.2, 0.25) is 0 Å². The molecular weight excluding hydrogens is 460 g/mol. The summed E-state index contributed by atoms with van der Waals surface area (Å²) in [7, 11) is 0. The second kappa shape index (κ2) is 14.3. The summed E-state index contributed by atoms with van der Waals surface area (Å²) >= 11 is 0. The predicted octanol–water partition coefficient (Wildman–Crippen LogP) is 5.46. The number of benzene rings is 2. The average molecular weight is 499 g/mol. The van der Waals surface area contributed by atoms with Crippen molar-refractivity contribution in [3.05, 3.63) is 54.6 Å². The van der Waals surface area contributed by atoms with E-state index >= 15 is 0 Å². The summed E-state index contributed by atoms with van der Waals surface area (Å²) in [5, 5.41) is 0. The molecular formula is C29H38O7. The quantitative estimate of drug-likeness (QED) is 0.206. The van der Waals surface area contributed by atoms with E-state index in [0.29, 0.717) is 5.75 Å². The maximum Gasteiger partial charge on any atom is 0.310 e. The van der Waals surface area contributed by atoms with Crippen LogP contribution in [-0.2, 0) is 28.6 Å². The summed E-state index contributed by atoms with van der Waals surface area (Å²) in [6, 6.07) is 17.6. The highest BCUT2D eigenvalue weighted by atomic mass is 16.6. The third-order valence-electron chi connectivity index (χ3n) is 5.55. The summed E-state index contributed by atoms with van der Waals surface area (Å²) < 4.78 is 21.9. The van der Waals surface area contributed by atoms with E-state index in [4.69, 9.17) is 18.9 Å². The van der Waals surface area contributed by atoms with Gasteiger partial charge in [-0.25, -0.2) is 0 Å². The van der Waals surface area contributed by atoms with Crippen molar-refractivity contribution in [2.24, 2.45) is 17.8 Å². The van der Waals surface area contributed by atoms with Crippen LogP contribution in [0.5, 0.6) is 5.75 Å². The van der Waals surface area contributed by atoms with Crippen molar-refractivity contribution < 1.29 is 33.3 Å². The van der Waals surface area contributed by atoms with Gasteiger partial charge in [-0.2, -0.15) is 0 Å². The number of rotatable bonds is 13. The highest BCUT2D eigenvalue weighted by molar-refractivity contribution is 5.83. The van der Waals surface area contributed by atoms with E-state index in [2.05, 4.69) is 0 Å². The normalized spacial score (nSPS) is 13.6. The lowest BCUT2D eigenvalue weighted by Crippen LogP contribution is -2.35. The van der Waals surface area contributed by atoms with Gasteiger partial charge in [-0.3, -0.25) is 14.4 Å². The molecule has 0 bridgehead atoms. The van der Waals surface area contributed by atoms with Gasteiger partial charge in [0.25, 0.3) is 0 Å². The predicted molar refractivity (Wildman–Crippen MR) is 137 cm³/mol. The number of esters is 3. The largest absolute Gasteiger partial charge is 0.489 e. The number of hydrogen-bond donors (Lipinski definition) is 0. The minimum atomic E-state index is -0.824. The van der Waals surface area contributed by atoms with Crippen LogP contribution in [-0.4, -0.2) is 43.3 Å². The lowest BCUT2D eigenvalue weighted by atomic mass is 9.85. The van der Waals surface area contributed by atoms with Crippen LogP contribution in [0.2, 0.25) is 0 Å². The van der Waals surface area contributed by atoms with Crippen LogP contribution in [0.3, 0.4) is 0 Å². The summed E-state index contributed by atoms with van der Waals surface area (Å²) in [5.74, 6) is -3.01. The Bertz CT molecular complexity index is 984. The zero-order valence-corrected chi connectivity index (χ0v) is 22.1. The molecule has 3 unspecified atom stereocenters. The van der Waals surface area contributed by atoms with Crippen LogP contribution in [0.4, 0.5) is 0 Å². The van der Waals surface area contributed by atoms with Gasteiger partial charge >= 0.3 is 17.9 Å². The van der Waals surface area contributed by atoms with Crippen molar-refractivity contribution in [1.29, 1.82) is 0 Å². The molecule has 0 spiro atoms. The number of hydrogen-bond acceptors (Lipinski definition) is 7. The molecule has 0 aliphatic rings. The van der Waals surface area contributed by atoms with Crippen molar-refractivity contribution in [2.45, 2.75) is 60.2 Å². The third kappa shape index (κ3) is 9.02. The molecule has 0 heterocycles. The Morgan fingerprint density at radius 3 is 1.92 bits per heavy atom. The second-order valence-electron chi connectivity index (χ2n) is 9.38. The van der Waals surface area contributed by atoms with Crippen LogP contribution >= 0.6 is 0 Å². The third-order valence-corrected chi connectivity index (χ3v) is 5.55. The Hall–Kier alpha value is -3.35. The molecule has 0 amide bonds. The lowest BCUT2D eigenvalue weighted by Gasteiger charge is -2.25. The summed E-state index contributed by atoms with van der Waals surface area (Å²) in [5.41, 5.74) is 1.98. The molecule has 7 heteroatoms. The van der Waals surface area contributed by atoms with Gasteiger partial charge in [-0.1, -0.05) is 62.4 Å². The van der Waals surface area contributed by atoms with E-state index in [1.54, 1.807) is 41.5 Å². The minimum Gasteiger partial charge on any atom is -0.489 e. The molecule has 7 nitrogen and oxygen atoms in total. The zero-order chi connectivity index (χ0) is 26.7. The lowest BCUT2D eigenvalue weighted by molar-refractivity contribution is -0.166. The van der Waals surface area contributed by atoms with Crippen LogP contribution in [0, 0.1) is 17.8 Å². The summed E-state index contributed by atoms with van der Waals surface area (Å²) in [4.78, 5) is 37.8. The van der Waals surface area contributed by atoms with Gasteiger partial charge in [0.1, 0.15) is 19.0 Å². The van der Waals surface area contributed by atoms with Crippen molar-refractivity contribution >= 4 is 17.9 Å². The fourth-order valence-electron chi connectivity index (χ4n) is 3.69. The molecule has 36 heavy (non-hydrogen) atoms. The molecule has 0 aliphatic heterocycles. The molecule has 0 aliphatic carbocycles. The van der Waals surface area contributed by atoms with E-state index in [9.17, 15) is 14.4 Å². The van der Waals surface area contributed by atoms with Gasteiger partial charge in [0, 0.05) is 5.56 Å². The Morgan fingerprint density at radius 2 is 1.28 bits per heavy atom. The first kappa shape index (κ1) is 28.9. The Kier molecular flexibility index (Phi) is 11.4. The number of carbonyl (C=O) groups is 3. The molecule has 0 N–H and O–H groups in total. The number of ether oxygens (including phenoxy) is 4.